The molecule has 1 heterocycles. The van der Waals surface area contributed by atoms with E-state index in [4.69, 9.17) is 4.79 Å². The molecule has 18 heavy (non-hydrogen) atoms. The zero-order chi connectivity index (χ0) is 12.6. The van der Waals surface area contributed by atoms with Gasteiger partial charge in [-0.05, 0) is 26.2 Å². The van der Waals surface area contributed by atoms with E-state index in [2.05, 4.69) is 62.3 Å². The fraction of sp³-hybridized carbons (Fsp3) is 0.500. The molecule has 0 saturated heterocycles. The summed E-state index contributed by atoms with van der Waals surface area (Å²) in [7, 11) is 3.94. The maximum absolute atomic E-state index is 7.75. The summed E-state index contributed by atoms with van der Waals surface area (Å²) in [6.45, 7) is 8.83. The zero-order valence-corrected chi connectivity index (χ0v) is 17.2. The first-order chi connectivity index (χ1) is 7.58. The molecule has 0 bridgehead atoms. The Labute approximate surface area is 150 Å². The van der Waals surface area contributed by atoms with Gasteiger partial charge in [0.25, 0.3) is 0 Å². The minimum atomic E-state index is -0.208. The van der Waals surface area contributed by atoms with E-state index in [9.17, 15) is 0 Å². The molecule has 0 unspecified atom stereocenters. The van der Waals surface area contributed by atoms with Crippen LogP contribution in [0.1, 0.15) is 11.4 Å². The van der Waals surface area contributed by atoms with Crippen molar-refractivity contribution in [3.8, 4) is 0 Å². The van der Waals surface area contributed by atoms with Crippen molar-refractivity contribution in [3.05, 3.63) is 29.6 Å². The summed E-state index contributed by atoms with van der Waals surface area (Å²) in [5, 5.41) is 0. The Kier molecular flexibility index (Phi) is 19.1. The molecule has 100 valence electrons. The second kappa shape index (κ2) is 14.3. The van der Waals surface area contributed by atoms with Crippen molar-refractivity contribution in [2.45, 2.75) is 12.7 Å². The van der Waals surface area contributed by atoms with Crippen LogP contribution in [0.4, 0.5) is 0 Å². The number of hydrogen-bond acceptors (Lipinski definition) is 3. The van der Waals surface area contributed by atoms with E-state index >= 15 is 0 Å². The molecule has 0 aromatic carbocycles. The summed E-state index contributed by atoms with van der Waals surface area (Å²) < 4.78 is 0. The molecular weight excluding hydrogens is 409 g/mol. The van der Waals surface area contributed by atoms with Crippen molar-refractivity contribution in [3.63, 3.8) is 0 Å². The molecule has 0 aliphatic rings. The first kappa shape index (κ1) is 24.0. The molecule has 0 aliphatic carbocycles. The predicted molar refractivity (Wildman–Crippen MR) is 73.6 cm³/mol. The minimum absolute atomic E-state index is 0. The van der Waals surface area contributed by atoms with Crippen LogP contribution < -0.4 is 0 Å². The van der Waals surface area contributed by atoms with Gasteiger partial charge in [0.05, 0.1) is 17.5 Å². The molecule has 0 saturated carbocycles. The molecule has 1 rings (SSSR count). The molecule has 1 aromatic rings. The van der Waals surface area contributed by atoms with Crippen LogP contribution in [0, 0.1) is 0 Å². The van der Waals surface area contributed by atoms with E-state index in [-0.39, 0.29) is 60.1 Å². The number of aromatic nitrogens is 1. The fourth-order valence-corrected chi connectivity index (χ4v) is 2.32. The number of nitrogens with zero attached hydrogens (tertiary/aromatic N) is 2. The monoisotopic (exact) mass is 432 g/mol. The van der Waals surface area contributed by atoms with E-state index < -0.39 is 0 Å². The van der Waals surface area contributed by atoms with Crippen LogP contribution in [-0.4, -0.2) is 44.1 Å². The van der Waals surface area contributed by atoms with Gasteiger partial charge in [0.1, 0.15) is 0 Å². The second-order valence-corrected chi connectivity index (χ2v) is 7.01. The summed E-state index contributed by atoms with van der Waals surface area (Å²) in [5.74, 6) is 0. The smallest absolute Gasteiger partial charge is 0 e. The maximum atomic E-state index is 7.75. The van der Waals surface area contributed by atoms with E-state index in [1.165, 1.54) is 17.5 Å². The molecule has 0 N–H and O–H groups in total. The summed E-state index contributed by atoms with van der Waals surface area (Å²) in [6.07, 6.45) is 1.17. The number of carbonyl (C=O) groups excluding carboxylic acids is 1. The molecule has 0 fully saturated rings. The van der Waals surface area contributed by atoms with Gasteiger partial charge in [0, 0.05) is 60.5 Å². The van der Waals surface area contributed by atoms with Crippen molar-refractivity contribution in [1.29, 1.82) is 0 Å². The normalized spacial score (nSPS) is 9.00. The largest absolute Gasteiger partial charge is 0 e. The van der Waals surface area contributed by atoms with Gasteiger partial charge in [-0.2, -0.15) is 0 Å². The van der Waals surface area contributed by atoms with Gasteiger partial charge in [0.15, 0.2) is 0 Å². The Morgan fingerprint density at radius 1 is 1.22 bits per heavy atom. The van der Waals surface area contributed by atoms with Gasteiger partial charge in [-0.1, -0.05) is 6.07 Å². The Morgan fingerprint density at radius 2 is 1.72 bits per heavy atom. The quantitative estimate of drug-likeness (QED) is 0.314. The van der Waals surface area contributed by atoms with Crippen LogP contribution >= 0.6 is 7.92 Å². The molecule has 0 atom stereocenters. The van der Waals surface area contributed by atoms with Crippen molar-refractivity contribution in [2.24, 2.45) is 0 Å². The number of hydrogen-bond donors (Lipinski definition) is 0. The summed E-state index contributed by atoms with van der Waals surface area (Å²) in [4.78, 5) is 14.5. The van der Waals surface area contributed by atoms with Crippen molar-refractivity contribution in [2.75, 3.05) is 27.4 Å². The van der Waals surface area contributed by atoms with Crippen LogP contribution in [0.15, 0.2) is 18.2 Å². The SMILES string of the molecule is CN(C)Cc1cccc(C[PH+](C)C)n1.[CH-]=O.[RuH+2].[Y]. The third kappa shape index (κ3) is 12.0. The van der Waals surface area contributed by atoms with Crippen molar-refractivity contribution >= 4 is 14.7 Å². The van der Waals surface area contributed by atoms with Gasteiger partial charge in [-0.15, -0.1) is 0 Å². The van der Waals surface area contributed by atoms with Gasteiger partial charge < -0.3 is 9.69 Å². The average Bonchev–Trinajstić information content (AvgIpc) is 2.19. The molecule has 1 radical (unpaired) electrons. The van der Waals surface area contributed by atoms with Crippen LogP contribution in [0.5, 0.6) is 0 Å². The standard InChI is InChI=1S/C11H19N2P.CHO.Ru.Y.H/c1-13(2)8-10-6-5-7-11(12-10)9-14(3)4;1-2;;;/h5-7H,8-9H2,1-4H3;1H;;;/q;-1;+2;;/p+1. The fourth-order valence-electron chi connectivity index (χ4n) is 1.40. The molecular formula is C12H22N2OPRuY+2. The average molecular weight is 431 g/mol. The van der Waals surface area contributed by atoms with E-state index in [0.29, 0.717) is 0 Å². The zero-order valence-electron chi connectivity index (χ0n) is 11.5. The first-order valence-corrected chi connectivity index (χ1v) is 7.91. The van der Waals surface area contributed by atoms with E-state index in [1.807, 2.05) is 0 Å². The van der Waals surface area contributed by atoms with Gasteiger partial charge in [-0.25, -0.2) is 0 Å². The number of rotatable bonds is 4. The maximum Gasteiger partial charge on any atom is 0 e. The van der Waals surface area contributed by atoms with E-state index in [0.717, 1.165) is 6.54 Å². The summed E-state index contributed by atoms with van der Waals surface area (Å²) >= 11 is 0. The first-order valence-electron chi connectivity index (χ1n) is 5.20. The Hall–Kier alpha value is 0.937. The van der Waals surface area contributed by atoms with Crippen LogP contribution in [0.3, 0.4) is 0 Å². The Morgan fingerprint density at radius 3 is 2.17 bits per heavy atom. The molecule has 0 spiro atoms. The molecule has 0 aliphatic heterocycles. The topological polar surface area (TPSA) is 33.2 Å². The van der Waals surface area contributed by atoms with Crippen molar-refractivity contribution < 1.29 is 57.0 Å². The predicted octanol–water partition coefficient (Wildman–Crippen LogP) is 1.57. The van der Waals surface area contributed by atoms with Crippen LogP contribution in [0.25, 0.3) is 0 Å². The van der Waals surface area contributed by atoms with Crippen molar-refractivity contribution in [1.82, 2.24) is 9.88 Å². The molecule has 0 amide bonds. The summed E-state index contributed by atoms with van der Waals surface area (Å²) in [5.41, 5.74) is 2.43. The van der Waals surface area contributed by atoms with Gasteiger partial charge >= 0.3 is 19.5 Å². The second-order valence-electron chi connectivity index (χ2n) is 4.24. The third-order valence-corrected chi connectivity index (χ3v) is 2.95. The van der Waals surface area contributed by atoms with Gasteiger partial charge in [0.2, 0.25) is 0 Å². The Balaban J connectivity index is -0.000000534. The molecule has 6 heteroatoms. The van der Waals surface area contributed by atoms with E-state index in [1.54, 1.807) is 0 Å². The van der Waals surface area contributed by atoms with Crippen LogP contribution in [0.2, 0.25) is 0 Å². The Bertz CT molecular complexity index is 289. The van der Waals surface area contributed by atoms with Crippen LogP contribution in [-0.2, 0) is 69.7 Å². The van der Waals surface area contributed by atoms with Gasteiger partial charge in [-0.3, -0.25) is 11.8 Å². The molecule has 1 aromatic heterocycles. The minimum Gasteiger partial charge on any atom is 0 e. The molecule has 3 nitrogen and oxygen atoms in total. The third-order valence-electron chi connectivity index (χ3n) is 1.88. The number of pyridine rings is 1. The summed E-state index contributed by atoms with van der Waals surface area (Å²) in [6, 6.07) is 6.35.